The second kappa shape index (κ2) is 7.76. The maximum Gasteiger partial charge on any atom is 0.240 e. The van der Waals surface area contributed by atoms with Crippen LogP contribution in [0.5, 0.6) is 0 Å². The van der Waals surface area contributed by atoms with Crippen molar-refractivity contribution < 1.29 is 8.42 Å². The van der Waals surface area contributed by atoms with Crippen molar-refractivity contribution in [1.82, 2.24) is 10.3 Å². The summed E-state index contributed by atoms with van der Waals surface area (Å²) < 4.78 is 26.3. The highest BCUT2D eigenvalue weighted by Gasteiger charge is 2.19. The molecule has 1 aliphatic rings. The van der Waals surface area contributed by atoms with E-state index in [1.165, 1.54) is 39.2 Å². The van der Waals surface area contributed by atoms with Gasteiger partial charge in [-0.15, -0.1) is 5.10 Å². The molecule has 0 saturated heterocycles. The lowest BCUT2D eigenvalue weighted by Crippen LogP contribution is -2.25. The van der Waals surface area contributed by atoms with Gasteiger partial charge in [-0.2, -0.15) is 0 Å². The van der Waals surface area contributed by atoms with E-state index in [4.69, 9.17) is 11.6 Å². The summed E-state index contributed by atoms with van der Waals surface area (Å²) in [6.07, 6.45) is 7.06. The maximum absolute atomic E-state index is 12.0. The van der Waals surface area contributed by atoms with Crippen LogP contribution in [-0.2, 0) is 16.4 Å². The fraction of sp³-hybridized carbons (Fsp3) is 0.533. The first-order valence-corrected chi connectivity index (χ1v) is 9.32. The third-order valence-electron chi connectivity index (χ3n) is 4.35. The zero-order valence-electron chi connectivity index (χ0n) is 13.4. The summed E-state index contributed by atoms with van der Waals surface area (Å²) in [6.45, 7) is 0. The van der Waals surface area contributed by atoms with Crippen LogP contribution in [0.25, 0.3) is 0 Å². The number of nitrogens with two attached hydrogens (primary N) is 2. The predicted octanol–water partition coefficient (Wildman–Crippen LogP) is 0.801. The number of hydrogen-bond donors (Lipinski definition) is 4. The first-order valence-electron chi connectivity index (χ1n) is 7.83. The number of hydrazine groups is 1. The molecule has 1 saturated carbocycles. The van der Waals surface area contributed by atoms with E-state index in [9.17, 15) is 8.42 Å². The molecule has 0 atom stereocenters. The van der Waals surface area contributed by atoms with E-state index in [1.807, 2.05) is 6.07 Å². The molecule has 7 nitrogen and oxygen atoms in total. The van der Waals surface area contributed by atoms with Crippen molar-refractivity contribution >= 4 is 15.9 Å². The van der Waals surface area contributed by atoms with Gasteiger partial charge >= 0.3 is 0 Å². The molecule has 1 aliphatic carbocycles. The molecular formula is C15H25N5O2S. The van der Waals surface area contributed by atoms with Crippen molar-refractivity contribution in [2.75, 3.05) is 7.05 Å². The van der Waals surface area contributed by atoms with Gasteiger partial charge in [0.05, 0.1) is 4.90 Å². The molecule has 0 heterocycles. The normalized spacial score (nSPS) is 17.2. The standard InChI is InChI=1S/C15H25N5O2S/c1-18-23(21,22)13-8-7-12(9-11-5-3-2-4-6-11)14(10-13)15(16)19-20-17/h7-8,10-11,18,20H,2-6,9,17H2,1H3,(H2,16,19). The molecule has 0 unspecified atom stereocenters. The van der Waals surface area contributed by atoms with Gasteiger partial charge < -0.3 is 5.73 Å². The molecule has 0 aliphatic heterocycles. The summed E-state index contributed by atoms with van der Waals surface area (Å²) in [5.41, 5.74) is 9.74. The number of sulfonamides is 1. The number of nitrogens with zero attached hydrogens (tertiary/aromatic N) is 1. The van der Waals surface area contributed by atoms with Gasteiger partial charge in [-0.1, -0.05) is 38.2 Å². The average Bonchev–Trinajstić information content (AvgIpc) is 2.56. The molecule has 0 aromatic heterocycles. The molecule has 2 rings (SSSR count). The largest absolute Gasteiger partial charge is 0.382 e. The summed E-state index contributed by atoms with van der Waals surface area (Å²) in [5.74, 6) is 5.99. The van der Waals surface area contributed by atoms with E-state index in [0.29, 0.717) is 11.5 Å². The Balaban J connectivity index is 2.38. The van der Waals surface area contributed by atoms with Crippen molar-refractivity contribution in [3.05, 3.63) is 29.3 Å². The molecule has 1 fully saturated rings. The van der Waals surface area contributed by atoms with Crippen LogP contribution >= 0.6 is 0 Å². The monoisotopic (exact) mass is 339 g/mol. The van der Waals surface area contributed by atoms with Gasteiger partial charge in [0.25, 0.3) is 0 Å². The fourth-order valence-corrected chi connectivity index (χ4v) is 3.84. The molecule has 0 bridgehead atoms. The number of nitrogens with one attached hydrogen (secondary N) is 2. The second-order valence-corrected chi connectivity index (χ2v) is 7.75. The highest BCUT2D eigenvalue weighted by molar-refractivity contribution is 7.89. The minimum absolute atomic E-state index is 0.164. The summed E-state index contributed by atoms with van der Waals surface area (Å²) in [7, 11) is -2.15. The van der Waals surface area contributed by atoms with Gasteiger partial charge in [0.2, 0.25) is 10.0 Å². The van der Waals surface area contributed by atoms with Crippen LogP contribution in [0.2, 0.25) is 0 Å². The third kappa shape index (κ3) is 4.43. The quantitative estimate of drug-likeness (QED) is 0.264. The van der Waals surface area contributed by atoms with Gasteiger partial charge in [-0.05, 0) is 37.1 Å². The Morgan fingerprint density at radius 1 is 1.30 bits per heavy atom. The zero-order valence-corrected chi connectivity index (χ0v) is 14.2. The Morgan fingerprint density at radius 2 is 2.00 bits per heavy atom. The highest BCUT2D eigenvalue weighted by Crippen LogP contribution is 2.28. The minimum atomic E-state index is -3.53. The molecule has 0 amide bonds. The predicted molar refractivity (Wildman–Crippen MR) is 91.0 cm³/mol. The van der Waals surface area contributed by atoms with Crippen LogP contribution in [0.4, 0.5) is 0 Å². The Labute approximate surface area is 137 Å². The Kier molecular flexibility index (Phi) is 5.97. The lowest BCUT2D eigenvalue weighted by molar-refractivity contribution is 0.356. The van der Waals surface area contributed by atoms with Gasteiger partial charge in [-0.25, -0.2) is 24.5 Å². The average molecular weight is 339 g/mol. The molecule has 128 valence electrons. The minimum Gasteiger partial charge on any atom is -0.382 e. The topological polar surface area (TPSA) is 123 Å². The summed E-state index contributed by atoms with van der Waals surface area (Å²) in [5, 5.41) is 3.80. The molecule has 1 aromatic carbocycles. The van der Waals surface area contributed by atoms with Crippen molar-refractivity contribution in [1.29, 1.82) is 0 Å². The third-order valence-corrected chi connectivity index (χ3v) is 5.77. The van der Waals surface area contributed by atoms with E-state index < -0.39 is 10.0 Å². The lowest BCUT2D eigenvalue weighted by Gasteiger charge is -2.23. The van der Waals surface area contributed by atoms with Gasteiger partial charge in [0, 0.05) is 5.56 Å². The molecule has 0 radical (unpaired) electrons. The molecular weight excluding hydrogens is 314 g/mol. The Bertz CT molecular complexity index is 666. The lowest BCUT2D eigenvalue weighted by atomic mass is 9.84. The van der Waals surface area contributed by atoms with Crippen LogP contribution < -0.4 is 21.8 Å². The molecule has 6 N–H and O–H groups in total. The van der Waals surface area contributed by atoms with Crippen molar-refractivity contribution in [2.45, 2.75) is 43.4 Å². The summed E-state index contributed by atoms with van der Waals surface area (Å²) in [6, 6.07) is 4.99. The zero-order chi connectivity index (χ0) is 16.9. The van der Waals surface area contributed by atoms with E-state index in [1.54, 1.807) is 12.1 Å². The van der Waals surface area contributed by atoms with Crippen LogP contribution in [-0.4, -0.2) is 21.3 Å². The smallest absolute Gasteiger partial charge is 0.240 e. The van der Waals surface area contributed by atoms with Crippen molar-refractivity contribution in [3.63, 3.8) is 0 Å². The summed E-state index contributed by atoms with van der Waals surface area (Å²) >= 11 is 0. The fourth-order valence-electron chi connectivity index (χ4n) is 3.09. The van der Waals surface area contributed by atoms with E-state index in [2.05, 4.69) is 15.4 Å². The van der Waals surface area contributed by atoms with Crippen LogP contribution in [0.3, 0.4) is 0 Å². The second-order valence-electron chi connectivity index (χ2n) is 5.86. The summed E-state index contributed by atoms with van der Waals surface area (Å²) in [4.78, 5) is 0.164. The molecule has 23 heavy (non-hydrogen) atoms. The number of amidine groups is 1. The molecule has 8 heteroatoms. The SMILES string of the molecule is CNS(=O)(=O)c1ccc(CC2CCCCC2)c(/C(N)=N/NN)c1. The van der Waals surface area contributed by atoms with Crippen LogP contribution in [0.1, 0.15) is 43.2 Å². The number of hydrogen-bond acceptors (Lipinski definition) is 5. The van der Waals surface area contributed by atoms with Crippen LogP contribution in [0.15, 0.2) is 28.2 Å². The highest BCUT2D eigenvalue weighted by atomic mass is 32.2. The van der Waals surface area contributed by atoms with E-state index in [-0.39, 0.29) is 10.7 Å². The van der Waals surface area contributed by atoms with Crippen molar-refractivity contribution in [3.8, 4) is 0 Å². The first-order chi connectivity index (χ1) is 11.0. The van der Waals surface area contributed by atoms with Gasteiger partial charge in [-0.3, -0.25) is 0 Å². The Morgan fingerprint density at radius 3 is 2.61 bits per heavy atom. The van der Waals surface area contributed by atoms with Crippen LogP contribution in [0, 0.1) is 5.92 Å². The number of rotatable bonds is 6. The Hall–Kier alpha value is -1.64. The molecule has 0 spiro atoms. The number of hydrazone groups is 1. The van der Waals surface area contributed by atoms with E-state index in [0.717, 1.165) is 12.0 Å². The van der Waals surface area contributed by atoms with Gasteiger partial charge in [0.1, 0.15) is 0 Å². The molecule has 1 aromatic rings. The first kappa shape index (κ1) is 17.7. The van der Waals surface area contributed by atoms with Crippen molar-refractivity contribution in [2.24, 2.45) is 22.6 Å². The maximum atomic E-state index is 12.0. The van der Waals surface area contributed by atoms with E-state index >= 15 is 0 Å². The van der Waals surface area contributed by atoms with Gasteiger partial charge in [0.15, 0.2) is 5.84 Å². The number of benzene rings is 1.